The number of nitrogens with zero attached hydrogens (tertiary/aromatic N) is 5. The van der Waals surface area contributed by atoms with E-state index < -0.39 is 0 Å². The van der Waals surface area contributed by atoms with E-state index in [-0.39, 0.29) is 0 Å². The Morgan fingerprint density at radius 2 is 0.789 bits per heavy atom. The van der Waals surface area contributed by atoms with Gasteiger partial charge in [0.25, 0.3) is 0 Å². The maximum atomic E-state index is 5.32. The van der Waals surface area contributed by atoms with E-state index in [9.17, 15) is 0 Å². The van der Waals surface area contributed by atoms with Crippen molar-refractivity contribution >= 4 is 102 Å². The van der Waals surface area contributed by atoms with Gasteiger partial charge in [-0.1, -0.05) is 152 Å². The lowest BCUT2D eigenvalue weighted by molar-refractivity contribution is 0.954. The van der Waals surface area contributed by atoms with Gasteiger partial charge in [0.2, 0.25) is 5.95 Å². The Hall–Kier alpha value is -7.41. The molecule has 0 unspecified atom stereocenters. The van der Waals surface area contributed by atoms with Crippen LogP contribution in [0.25, 0.3) is 120 Å². The van der Waals surface area contributed by atoms with Crippen molar-refractivity contribution in [2.45, 2.75) is 0 Å². The normalized spacial score (nSPS) is 12.2. The maximum absolute atomic E-state index is 5.32. The van der Waals surface area contributed by atoms with Crippen molar-refractivity contribution in [2.24, 2.45) is 0 Å². The SMILES string of the molecule is c1ccc(-c2nc(-c3ccccc3)nc(-n3c4ccccc4c4ccc5c6cccc7c8cccc9sc%10cccc(c%11ccccc%11n(c76)c5c43)c%10c98)n2)cc1. The van der Waals surface area contributed by atoms with E-state index in [1.807, 2.05) is 47.7 Å². The molecule has 0 atom stereocenters. The second kappa shape index (κ2) is 11.6. The highest BCUT2D eigenvalue weighted by Crippen LogP contribution is 2.46. The summed E-state index contributed by atoms with van der Waals surface area (Å²) in [7, 11) is 0. The number of hydrogen-bond donors (Lipinski definition) is 0. The van der Waals surface area contributed by atoms with Crippen molar-refractivity contribution in [3.8, 4) is 28.7 Å². The smallest absolute Gasteiger partial charge is 0.238 e. The van der Waals surface area contributed by atoms with E-state index in [2.05, 4.69) is 148 Å². The summed E-state index contributed by atoms with van der Waals surface area (Å²) in [5.41, 5.74) is 7.41. The van der Waals surface area contributed by atoms with Crippen molar-refractivity contribution < 1.29 is 0 Å². The summed E-state index contributed by atoms with van der Waals surface area (Å²) in [6.45, 7) is 0. The Morgan fingerprint density at radius 3 is 1.44 bits per heavy atom. The number of rotatable bonds is 3. The van der Waals surface area contributed by atoms with Gasteiger partial charge in [-0.2, -0.15) is 9.97 Å². The minimum Gasteiger partial charge on any atom is -0.306 e. The van der Waals surface area contributed by atoms with Crippen LogP contribution in [0.15, 0.2) is 176 Å². The third-order valence-electron chi connectivity index (χ3n) is 11.7. The zero-order chi connectivity index (χ0) is 37.2. The minimum absolute atomic E-state index is 0.576. The van der Waals surface area contributed by atoms with Crippen LogP contribution in [0.5, 0.6) is 0 Å². The molecule has 0 radical (unpaired) electrons. The van der Waals surface area contributed by atoms with Crippen molar-refractivity contribution in [2.75, 3.05) is 0 Å². The zero-order valence-corrected chi connectivity index (χ0v) is 31.2. The molecule has 0 spiro atoms. The van der Waals surface area contributed by atoms with Crippen LogP contribution < -0.4 is 0 Å². The molecule has 0 N–H and O–H groups in total. The first-order valence-corrected chi connectivity index (χ1v) is 20.0. The first-order chi connectivity index (χ1) is 28.3. The Balaban J connectivity index is 1.31. The molecular weight excluding hydrogens is 715 g/mol. The first kappa shape index (κ1) is 30.9. The molecule has 0 aliphatic heterocycles. The van der Waals surface area contributed by atoms with Gasteiger partial charge in [0.05, 0.1) is 27.6 Å². The van der Waals surface area contributed by atoms with Crippen LogP contribution in [0.1, 0.15) is 0 Å². The molecule has 0 aliphatic rings. The third kappa shape index (κ3) is 4.25. The summed E-state index contributed by atoms with van der Waals surface area (Å²) in [5.74, 6) is 1.83. The molecule has 0 saturated carbocycles. The topological polar surface area (TPSA) is 48.0 Å². The van der Waals surface area contributed by atoms with Crippen molar-refractivity contribution in [3.63, 3.8) is 0 Å². The van der Waals surface area contributed by atoms with E-state index >= 15 is 0 Å². The summed E-state index contributed by atoms with van der Waals surface area (Å²) >= 11 is 1.88. The van der Waals surface area contributed by atoms with Gasteiger partial charge in [0, 0.05) is 63.6 Å². The summed E-state index contributed by atoms with van der Waals surface area (Å²) in [5, 5.41) is 12.2. The molecule has 0 saturated heterocycles. The van der Waals surface area contributed by atoms with Gasteiger partial charge in [-0.3, -0.25) is 4.57 Å². The zero-order valence-electron chi connectivity index (χ0n) is 30.4. The lowest BCUT2D eigenvalue weighted by atomic mass is 10.0. The van der Waals surface area contributed by atoms with Crippen molar-refractivity contribution in [3.05, 3.63) is 176 Å². The third-order valence-corrected chi connectivity index (χ3v) is 12.8. The number of aromatic nitrogens is 5. The second-order valence-electron chi connectivity index (χ2n) is 14.7. The van der Waals surface area contributed by atoms with Crippen LogP contribution in [0.3, 0.4) is 0 Å². The van der Waals surface area contributed by atoms with Gasteiger partial charge in [-0.25, -0.2) is 4.98 Å². The van der Waals surface area contributed by atoms with Gasteiger partial charge >= 0.3 is 0 Å². The quantitative estimate of drug-likeness (QED) is 0.181. The number of thiophene rings is 1. The summed E-state index contributed by atoms with van der Waals surface area (Å²) < 4.78 is 7.42. The van der Waals surface area contributed by atoms with E-state index in [4.69, 9.17) is 15.0 Å². The summed E-state index contributed by atoms with van der Waals surface area (Å²) in [4.78, 5) is 15.7. The van der Waals surface area contributed by atoms with Gasteiger partial charge in [0.1, 0.15) is 0 Å². The highest BCUT2D eigenvalue weighted by atomic mass is 32.1. The highest BCUT2D eigenvalue weighted by molar-refractivity contribution is 7.26. The predicted octanol–water partition coefficient (Wildman–Crippen LogP) is 13.5. The fraction of sp³-hybridized carbons (Fsp3) is 0. The maximum Gasteiger partial charge on any atom is 0.238 e. The molecule has 8 aromatic carbocycles. The molecule has 5 nitrogen and oxygen atoms in total. The highest BCUT2D eigenvalue weighted by Gasteiger charge is 2.24. The average molecular weight is 744 g/mol. The van der Waals surface area contributed by atoms with Crippen LogP contribution in [0.4, 0.5) is 0 Å². The molecule has 6 heteroatoms. The Morgan fingerprint density at radius 1 is 0.333 bits per heavy atom. The van der Waals surface area contributed by atoms with E-state index in [0.29, 0.717) is 17.6 Å². The second-order valence-corrected chi connectivity index (χ2v) is 15.8. The summed E-state index contributed by atoms with van der Waals surface area (Å²) in [6.07, 6.45) is 0. The average Bonchev–Trinajstić information content (AvgIpc) is 3.95. The number of fused-ring (bicyclic) bond motifs is 11. The van der Waals surface area contributed by atoms with Crippen molar-refractivity contribution in [1.29, 1.82) is 0 Å². The largest absolute Gasteiger partial charge is 0.306 e. The monoisotopic (exact) mass is 743 g/mol. The molecule has 5 heterocycles. The number of para-hydroxylation sites is 3. The summed E-state index contributed by atoms with van der Waals surface area (Å²) in [6, 6.07) is 63.0. The van der Waals surface area contributed by atoms with Gasteiger partial charge in [0.15, 0.2) is 11.6 Å². The first-order valence-electron chi connectivity index (χ1n) is 19.2. The molecule has 0 fully saturated rings. The standard InChI is InChI=1S/C51H29N5S/c1-3-14-30(15-4-1)49-52-50(31-16-5-2-6-17-31)54-51(53-49)56-41-25-10-8-19-33(41)38-28-29-39-37-23-11-22-36-35-21-13-27-43-45(35)44-34(20-12-26-42(44)57-43)32-18-7-9-24-40(32)55(46(36)37)47(39)48(38)56/h1-29H. The fourth-order valence-corrected chi connectivity index (χ4v) is 10.5. The Bertz CT molecular complexity index is 3750. The van der Waals surface area contributed by atoms with E-state index in [1.165, 1.54) is 58.0 Å². The molecule has 13 rings (SSSR count). The van der Waals surface area contributed by atoms with E-state index in [1.54, 1.807) is 0 Å². The van der Waals surface area contributed by atoms with Crippen LogP contribution in [0, 0.1) is 0 Å². The fourth-order valence-electron chi connectivity index (χ4n) is 9.37. The van der Waals surface area contributed by atoms with Crippen LogP contribution in [-0.4, -0.2) is 23.9 Å². The van der Waals surface area contributed by atoms with Gasteiger partial charge < -0.3 is 4.40 Å². The molecule has 0 amide bonds. The molecule has 0 bridgehead atoms. The molecular formula is C51H29N5S. The molecule has 13 aromatic rings. The van der Waals surface area contributed by atoms with Gasteiger partial charge in [-0.05, 0) is 35.0 Å². The van der Waals surface area contributed by atoms with E-state index in [0.717, 1.165) is 44.0 Å². The van der Waals surface area contributed by atoms with Gasteiger partial charge in [-0.15, -0.1) is 11.3 Å². The molecule has 57 heavy (non-hydrogen) atoms. The predicted molar refractivity (Wildman–Crippen MR) is 239 cm³/mol. The number of hydrogen-bond acceptors (Lipinski definition) is 4. The van der Waals surface area contributed by atoms with Crippen LogP contribution in [-0.2, 0) is 0 Å². The Labute approximate surface area is 329 Å². The molecule has 0 aliphatic carbocycles. The molecule has 264 valence electrons. The lowest BCUT2D eigenvalue weighted by Crippen LogP contribution is -2.06. The Kier molecular flexibility index (Phi) is 6.26. The lowest BCUT2D eigenvalue weighted by Gasteiger charge is -2.12. The molecule has 5 aromatic heterocycles. The van der Waals surface area contributed by atoms with Crippen LogP contribution >= 0.6 is 11.3 Å². The van der Waals surface area contributed by atoms with Crippen molar-refractivity contribution in [1.82, 2.24) is 23.9 Å². The van der Waals surface area contributed by atoms with Crippen LogP contribution in [0.2, 0.25) is 0 Å². The minimum atomic E-state index is 0.576. The number of benzene rings is 8.